The Bertz CT molecular complexity index is 585. The van der Waals surface area contributed by atoms with Crippen molar-refractivity contribution in [3.63, 3.8) is 0 Å². The molecule has 1 fully saturated rings. The largest absolute Gasteiger partial charge is 0.366 e. The zero-order chi connectivity index (χ0) is 15.4. The highest BCUT2D eigenvalue weighted by Crippen LogP contribution is 2.33. The molecule has 3 heteroatoms. The molecule has 1 amide bonds. The van der Waals surface area contributed by atoms with Gasteiger partial charge in [0.25, 0.3) is 0 Å². The Morgan fingerprint density at radius 1 is 1.14 bits per heavy atom. The highest BCUT2D eigenvalue weighted by Gasteiger charge is 2.36. The summed E-state index contributed by atoms with van der Waals surface area (Å²) in [7, 11) is 0. The summed E-state index contributed by atoms with van der Waals surface area (Å²) < 4.78 is 0. The number of rotatable bonds is 4. The van der Waals surface area contributed by atoms with E-state index in [0.717, 1.165) is 25.9 Å². The summed E-state index contributed by atoms with van der Waals surface area (Å²) in [6.45, 7) is 2.27. The molecule has 0 saturated carbocycles. The fourth-order valence-electron chi connectivity index (χ4n) is 3.62. The Labute approximate surface area is 132 Å². The van der Waals surface area contributed by atoms with Crippen LogP contribution in [0.4, 0.5) is 0 Å². The van der Waals surface area contributed by atoms with Gasteiger partial charge in [-0.3, -0.25) is 9.69 Å². The number of nitrogens with zero attached hydrogens (tertiary/aromatic N) is 1. The first-order valence-electron chi connectivity index (χ1n) is 8.18. The molecule has 3 nitrogen and oxygen atoms in total. The number of hydrogen-bond donors (Lipinski definition) is 1. The summed E-state index contributed by atoms with van der Waals surface area (Å²) in [4.78, 5) is 14.0. The molecule has 1 aromatic carbocycles. The van der Waals surface area contributed by atoms with E-state index in [1.165, 1.54) is 24.8 Å². The van der Waals surface area contributed by atoms with Crippen LogP contribution in [0.3, 0.4) is 0 Å². The molecule has 22 heavy (non-hydrogen) atoms. The summed E-state index contributed by atoms with van der Waals surface area (Å²) in [5.74, 6) is -0.330. The Kier molecular flexibility index (Phi) is 4.44. The molecule has 1 aromatic rings. The van der Waals surface area contributed by atoms with Crippen molar-refractivity contribution in [2.75, 3.05) is 13.1 Å². The van der Waals surface area contributed by atoms with E-state index in [-0.39, 0.29) is 11.4 Å². The lowest BCUT2D eigenvalue weighted by molar-refractivity contribution is -0.114. The van der Waals surface area contributed by atoms with Crippen LogP contribution in [0.15, 0.2) is 54.1 Å². The van der Waals surface area contributed by atoms with Crippen molar-refractivity contribution in [2.45, 2.75) is 37.6 Å². The maximum Gasteiger partial charge on any atom is 0.248 e. The molecule has 0 aromatic heterocycles. The zero-order valence-corrected chi connectivity index (χ0v) is 13.0. The summed E-state index contributed by atoms with van der Waals surface area (Å²) in [5.41, 5.74) is 7.38. The minimum absolute atomic E-state index is 0.0132. The molecule has 1 aliphatic heterocycles. The molecule has 1 atom stereocenters. The van der Waals surface area contributed by atoms with Gasteiger partial charge in [-0.25, -0.2) is 0 Å². The lowest BCUT2D eigenvalue weighted by atomic mass is 9.80. The monoisotopic (exact) mass is 296 g/mol. The van der Waals surface area contributed by atoms with Gasteiger partial charge in [0.1, 0.15) is 0 Å². The molecule has 0 bridgehead atoms. The lowest BCUT2D eigenvalue weighted by Crippen LogP contribution is -2.51. The molecular weight excluding hydrogens is 272 g/mol. The van der Waals surface area contributed by atoms with E-state index in [4.69, 9.17) is 5.73 Å². The van der Waals surface area contributed by atoms with Gasteiger partial charge in [0, 0.05) is 11.1 Å². The standard InChI is InChI=1S/C19H24N2O/c20-18(22)17-9-11-19(12-10-17,21-13-5-2-6-14-21)15-16-7-3-1-4-8-16/h1,3-4,7-11H,2,5-6,12-15H2,(H2,20,22). The third-order valence-corrected chi connectivity index (χ3v) is 4.87. The predicted molar refractivity (Wildman–Crippen MR) is 89.3 cm³/mol. The first-order chi connectivity index (χ1) is 10.7. The van der Waals surface area contributed by atoms with Crippen molar-refractivity contribution >= 4 is 5.91 Å². The third kappa shape index (κ3) is 3.14. The van der Waals surface area contributed by atoms with Crippen LogP contribution in [-0.4, -0.2) is 29.4 Å². The third-order valence-electron chi connectivity index (χ3n) is 4.87. The molecule has 1 aliphatic carbocycles. The zero-order valence-electron chi connectivity index (χ0n) is 13.0. The van der Waals surface area contributed by atoms with Crippen LogP contribution in [0, 0.1) is 0 Å². The topological polar surface area (TPSA) is 46.3 Å². The quantitative estimate of drug-likeness (QED) is 0.928. The van der Waals surface area contributed by atoms with Gasteiger partial charge in [0.05, 0.1) is 0 Å². The van der Waals surface area contributed by atoms with Crippen molar-refractivity contribution in [1.82, 2.24) is 4.90 Å². The highest BCUT2D eigenvalue weighted by atomic mass is 16.1. The Balaban J connectivity index is 1.86. The number of amides is 1. The van der Waals surface area contributed by atoms with Gasteiger partial charge in [-0.1, -0.05) is 55.0 Å². The second-order valence-corrected chi connectivity index (χ2v) is 6.37. The number of carbonyl (C=O) groups is 1. The maximum absolute atomic E-state index is 11.4. The summed E-state index contributed by atoms with van der Waals surface area (Å²) >= 11 is 0. The first kappa shape index (κ1) is 15.0. The smallest absolute Gasteiger partial charge is 0.248 e. The molecular formula is C19H24N2O. The van der Waals surface area contributed by atoms with E-state index in [9.17, 15) is 4.79 Å². The van der Waals surface area contributed by atoms with Gasteiger partial charge < -0.3 is 5.73 Å². The molecule has 0 radical (unpaired) electrons. The Morgan fingerprint density at radius 2 is 1.86 bits per heavy atom. The second kappa shape index (κ2) is 6.49. The SMILES string of the molecule is NC(=O)C1=CCC(Cc2ccccc2)(N2CCCCC2)C=C1. The van der Waals surface area contributed by atoms with Crippen LogP contribution in [0.1, 0.15) is 31.2 Å². The number of nitrogens with two attached hydrogens (primary N) is 1. The number of likely N-dealkylation sites (tertiary alicyclic amines) is 1. The number of hydrogen-bond acceptors (Lipinski definition) is 2. The van der Waals surface area contributed by atoms with E-state index in [1.807, 2.05) is 12.2 Å². The van der Waals surface area contributed by atoms with Gasteiger partial charge in [-0.05, 0) is 44.3 Å². The van der Waals surface area contributed by atoms with Crippen molar-refractivity contribution in [3.8, 4) is 0 Å². The molecule has 116 valence electrons. The second-order valence-electron chi connectivity index (χ2n) is 6.37. The molecule has 1 unspecified atom stereocenters. The van der Waals surface area contributed by atoms with Crippen LogP contribution < -0.4 is 5.73 Å². The lowest BCUT2D eigenvalue weighted by Gasteiger charge is -2.45. The Morgan fingerprint density at radius 3 is 2.45 bits per heavy atom. The fraction of sp³-hybridized carbons (Fsp3) is 0.421. The average Bonchev–Trinajstić information content (AvgIpc) is 2.57. The highest BCUT2D eigenvalue weighted by molar-refractivity contribution is 5.95. The van der Waals surface area contributed by atoms with Crippen molar-refractivity contribution in [3.05, 3.63) is 59.7 Å². The first-order valence-corrected chi connectivity index (χ1v) is 8.18. The van der Waals surface area contributed by atoms with Crippen molar-refractivity contribution < 1.29 is 4.79 Å². The summed E-state index contributed by atoms with van der Waals surface area (Å²) in [6, 6.07) is 10.6. The van der Waals surface area contributed by atoms with Crippen LogP contribution in [0.2, 0.25) is 0 Å². The minimum atomic E-state index is -0.330. The van der Waals surface area contributed by atoms with Gasteiger partial charge >= 0.3 is 0 Å². The Hall–Kier alpha value is -1.87. The number of piperidine rings is 1. The average molecular weight is 296 g/mol. The number of primary amides is 1. The van der Waals surface area contributed by atoms with E-state index < -0.39 is 0 Å². The molecule has 3 rings (SSSR count). The molecule has 2 N–H and O–H groups in total. The van der Waals surface area contributed by atoms with E-state index >= 15 is 0 Å². The van der Waals surface area contributed by atoms with Crippen LogP contribution in [0.25, 0.3) is 0 Å². The van der Waals surface area contributed by atoms with Gasteiger partial charge in [0.2, 0.25) is 5.91 Å². The van der Waals surface area contributed by atoms with Crippen molar-refractivity contribution in [1.29, 1.82) is 0 Å². The van der Waals surface area contributed by atoms with Crippen molar-refractivity contribution in [2.24, 2.45) is 5.73 Å². The van der Waals surface area contributed by atoms with Crippen LogP contribution >= 0.6 is 0 Å². The van der Waals surface area contributed by atoms with Gasteiger partial charge in [-0.15, -0.1) is 0 Å². The number of carbonyl (C=O) groups excluding carboxylic acids is 1. The van der Waals surface area contributed by atoms with Crippen LogP contribution in [-0.2, 0) is 11.2 Å². The normalized spacial score (nSPS) is 25.7. The predicted octanol–water partition coefficient (Wildman–Crippen LogP) is 2.83. The molecule has 1 heterocycles. The van der Waals surface area contributed by atoms with E-state index in [2.05, 4.69) is 41.3 Å². The molecule has 2 aliphatic rings. The minimum Gasteiger partial charge on any atom is -0.366 e. The van der Waals surface area contributed by atoms with Crippen LogP contribution in [0.5, 0.6) is 0 Å². The maximum atomic E-state index is 11.4. The fourth-order valence-corrected chi connectivity index (χ4v) is 3.62. The molecule has 0 spiro atoms. The van der Waals surface area contributed by atoms with E-state index in [0.29, 0.717) is 5.57 Å². The molecule has 1 saturated heterocycles. The van der Waals surface area contributed by atoms with Gasteiger partial charge in [-0.2, -0.15) is 0 Å². The summed E-state index contributed by atoms with van der Waals surface area (Å²) in [6.07, 6.45) is 11.8. The summed E-state index contributed by atoms with van der Waals surface area (Å²) in [5, 5.41) is 0. The van der Waals surface area contributed by atoms with Gasteiger partial charge in [0.15, 0.2) is 0 Å². The van der Waals surface area contributed by atoms with E-state index in [1.54, 1.807) is 0 Å². The number of benzene rings is 1.